The van der Waals surface area contributed by atoms with Crippen LogP contribution in [0.15, 0.2) is 46.2 Å². The molecule has 0 heterocycles. The van der Waals surface area contributed by atoms with E-state index in [0.717, 1.165) is 35.4 Å². The smallest absolute Gasteiger partial charge is 0.296 e. The molecule has 0 spiro atoms. The van der Waals surface area contributed by atoms with Gasteiger partial charge in [-0.2, -0.15) is 16.8 Å². The highest BCUT2D eigenvalue weighted by Crippen LogP contribution is 2.42. The summed E-state index contributed by atoms with van der Waals surface area (Å²) in [6.45, 7) is 4.07. The minimum Gasteiger partial charge on any atom is -0.397 e. The number of aryl methyl sites for hydroxylation is 1. The average Bonchev–Trinajstić information content (AvgIpc) is 2.80. The zero-order chi connectivity index (χ0) is 27.4. The number of anilines is 3. The lowest BCUT2D eigenvalue weighted by atomic mass is 9.82. The Bertz CT molecular complexity index is 1730. The van der Waals surface area contributed by atoms with Crippen molar-refractivity contribution >= 4 is 48.9 Å². The van der Waals surface area contributed by atoms with Gasteiger partial charge in [0.15, 0.2) is 11.6 Å². The summed E-state index contributed by atoms with van der Waals surface area (Å²) in [5, 5.41) is 6.03. The van der Waals surface area contributed by atoms with E-state index in [1.807, 2.05) is 6.07 Å². The molecular weight excluding hydrogens is 522 g/mol. The van der Waals surface area contributed by atoms with Crippen LogP contribution in [-0.4, -0.2) is 44.6 Å². The SMILES string of the molecule is CNCc1ccc(C)c(Nc2cc(S(=O)(=O)O)c(N)c3c2C(=O)c2c(cccc2S(=O)(=O)O)C3=O)c1C. The molecule has 0 aliphatic heterocycles. The van der Waals surface area contributed by atoms with Gasteiger partial charge in [0.1, 0.15) is 9.79 Å². The van der Waals surface area contributed by atoms with Gasteiger partial charge in [-0.15, -0.1) is 0 Å². The lowest BCUT2D eigenvalue weighted by Crippen LogP contribution is -2.27. The van der Waals surface area contributed by atoms with Crippen LogP contribution in [0.2, 0.25) is 0 Å². The van der Waals surface area contributed by atoms with E-state index in [-0.39, 0.29) is 11.3 Å². The first-order chi connectivity index (χ1) is 17.2. The largest absolute Gasteiger partial charge is 0.397 e. The quantitative estimate of drug-likeness (QED) is 0.177. The first-order valence-electron chi connectivity index (χ1n) is 10.8. The first-order valence-corrected chi connectivity index (χ1v) is 13.7. The highest BCUT2D eigenvalue weighted by molar-refractivity contribution is 7.86. The van der Waals surface area contributed by atoms with Crippen LogP contribution < -0.4 is 16.4 Å². The Kier molecular flexibility index (Phi) is 6.46. The Balaban J connectivity index is 2.08. The lowest BCUT2D eigenvalue weighted by molar-refractivity contribution is 0.0977. The maximum Gasteiger partial charge on any atom is 0.296 e. The number of benzene rings is 3. The van der Waals surface area contributed by atoms with E-state index in [2.05, 4.69) is 10.6 Å². The molecule has 0 unspecified atom stereocenters. The lowest BCUT2D eigenvalue weighted by Gasteiger charge is -2.25. The van der Waals surface area contributed by atoms with E-state index in [9.17, 15) is 35.5 Å². The Hall–Kier alpha value is -3.62. The van der Waals surface area contributed by atoms with Crippen molar-refractivity contribution in [3.05, 3.63) is 75.3 Å². The molecule has 0 amide bonds. The Labute approximate surface area is 213 Å². The molecule has 0 saturated heterocycles. The van der Waals surface area contributed by atoms with Crippen LogP contribution in [0.3, 0.4) is 0 Å². The van der Waals surface area contributed by atoms with Crippen molar-refractivity contribution in [1.29, 1.82) is 0 Å². The second-order valence-electron chi connectivity index (χ2n) is 8.57. The number of carbonyl (C=O) groups excluding carboxylic acids is 2. The molecule has 194 valence electrons. The third-order valence-electron chi connectivity index (χ3n) is 6.25. The van der Waals surface area contributed by atoms with Crippen molar-refractivity contribution in [2.75, 3.05) is 18.1 Å². The molecule has 0 aromatic heterocycles. The topological polar surface area (TPSA) is 193 Å². The van der Waals surface area contributed by atoms with E-state index in [1.54, 1.807) is 27.0 Å². The van der Waals surface area contributed by atoms with Gasteiger partial charge in [0.2, 0.25) is 0 Å². The molecule has 0 fully saturated rings. The molecule has 3 aromatic rings. The molecule has 0 radical (unpaired) electrons. The first kappa shape index (κ1) is 26.4. The van der Waals surface area contributed by atoms with Crippen LogP contribution in [-0.2, 0) is 26.8 Å². The van der Waals surface area contributed by atoms with Crippen LogP contribution in [0.4, 0.5) is 17.1 Å². The fourth-order valence-corrected chi connectivity index (χ4v) is 5.84. The summed E-state index contributed by atoms with van der Waals surface area (Å²) in [4.78, 5) is 25.7. The summed E-state index contributed by atoms with van der Waals surface area (Å²) < 4.78 is 67.9. The van der Waals surface area contributed by atoms with Gasteiger partial charge in [-0.3, -0.25) is 18.7 Å². The van der Waals surface area contributed by atoms with Gasteiger partial charge < -0.3 is 16.4 Å². The Morgan fingerprint density at radius 3 is 2.11 bits per heavy atom. The van der Waals surface area contributed by atoms with Gasteiger partial charge in [-0.05, 0) is 49.7 Å². The molecule has 1 aliphatic rings. The number of nitrogen functional groups attached to an aromatic ring is 1. The number of rotatable bonds is 6. The summed E-state index contributed by atoms with van der Waals surface area (Å²) in [5.41, 5.74) is 6.12. The van der Waals surface area contributed by atoms with Gasteiger partial charge in [0.05, 0.1) is 28.1 Å². The second kappa shape index (κ2) is 9.04. The summed E-state index contributed by atoms with van der Waals surface area (Å²) in [6, 6.07) is 7.89. The summed E-state index contributed by atoms with van der Waals surface area (Å²) >= 11 is 0. The highest BCUT2D eigenvalue weighted by Gasteiger charge is 2.39. The molecule has 1 aliphatic carbocycles. The van der Waals surface area contributed by atoms with Crippen molar-refractivity contribution < 1.29 is 35.5 Å². The number of ketones is 2. The van der Waals surface area contributed by atoms with Crippen molar-refractivity contribution in [2.24, 2.45) is 0 Å². The van der Waals surface area contributed by atoms with E-state index in [1.165, 1.54) is 0 Å². The fourth-order valence-electron chi connectivity index (χ4n) is 4.49. The van der Waals surface area contributed by atoms with Gasteiger partial charge in [-0.1, -0.05) is 24.3 Å². The summed E-state index contributed by atoms with van der Waals surface area (Å²) in [7, 11) is -8.09. The zero-order valence-corrected chi connectivity index (χ0v) is 21.5. The van der Waals surface area contributed by atoms with Crippen molar-refractivity contribution in [3.63, 3.8) is 0 Å². The maximum atomic E-state index is 13.7. The molecule has 0 bridgehead atoms. The van der Waals surface area contributed by atoms with Crippen LogP contribution in [0.5, 0.6) is 0 Å². The van der Waals surface area contributed by atoms with Crippen LogP contribution in [0.25, 0.3) is 0 Å². The van der Waals surface area contributed by atoms with E-state index >= 15 is 0 Å². The molecule has 13 heteroatoms. The van der Waals surface area contributed by atoms with E-state index in [0.29, 0.717) is 17.8 Å². The highest BCUT2D eigenvalue weighted by atomic mass is 32.2. The van der Waals surface area contributed by atoms with Crippen LogP contribution in [0.1, 0.15) is 48.5 Å². The molecule has 4 rings (SSSR count). The fraction of sp³-hybridized carbons (Fsp3) is 0.167. The number of hydrogen-bond donors (Lipinski definition) is 5. The number of hydrogen-bond acceptors (Lipinski definition) is 9. The summed E-state index contributed by atoms with van der Waals surface area (Å²) in [5.74, 6) is -1.92. The van der Waals surface area contributed by atoms with Gasteiger partial charge in [0, 0.05) is 17.8 Å². The number of nitrogens with two attached hydrogens (primary N) is 1. The third-order valence-corrected chi connectivity index (χ3v) is 8.04. The van der Waals surface area contributed by atoms with Gasteiger partial charge >= 0.3 is 0 Å². The second-order valence-corrected chi connectivity index (χ2v) is 11.3. The molecule has 3 aromatic carbocycles. The summed E-state index contributed by atoms with van der Waals surface area (Å²) in [6.07, 6.45) is 0. The number of fused-ring (bicyclic) bond motifs is 2. The third kappa shape index (κ3) is 4.40. The molecule has 11 nitrogen and oxygen atoms in total. The van der Waals surface area contributed by atoms with Crippen LogP contribution >= 0.6 is 0 Å². The normalized spacial score (nSPS) is 13.3. The van der Waals surface area contributed by atoms with Crippen molar-refractivity contribution in [2.45, 2.75) is 30.2 Å². The van der Waals surface area contributed by atoms with Gasteiger partial charge in [0.25, 0.3) is 20.2 Å². The minimum absolute atomic E-state index is 0.196. The van der Waals surface area contributed by atoms with Crippen molar-refractivity contribution in [1.82, 2.24) is 5.32 Å². The standard InChI is InChI=1S/C24H23N3O8S2/c1-11-7-8-13(10-26-3)12(2)22(11)27-15-9-17(37(33,34)35)21(25)20-19(15)24(29)18-14(23(20)28)5-4-6-16(18)36(30,31)32/h4-9,26-27H,10,25H2,1-3H3,(H,30,31,32)(H,33,34,35). The predicted molar refractivity (Wildman–Crippen MR) is 136 cm³/mol. The van der Waals surface area contributed by atoms with E-state index in [4.69, 9.17) is 5.73 Å². The predicted octanol–water partition coefficient (Wildman–Crippen LogP) is 2.62. The van der Waals surface area contributed by atoms with E-state index < -0.39 is 64.0 Å². The van der Waals surface area contributed by atoms with Gasteiger partial charge in [-0.25, -0.2) is 0 Å². The monoisotopic (exact) mass is 545 g/mol. The molecule has 37 heavy (non-hydrogen) atoms. The van der Waals surface area contributed by atoms with Crippen molar-refractivity contribution in [3.8, 4) is 0 Å². The molecule has 0 saturated carbocycles. The maximum absolute atomic E-state index is 13.7. The average molecular weight is 546 g/mol. The molecule has 6 N–H and O–H groups in total. The van der Waals surface area contributed by atoms with Crippen LogP contribution in [0, 0.1) is 13.8 Å². The minimum atomic E-state index is -4.94. The zero-order valence-electron chi connectivity index (χ0n) is 19.9. The Morgan fingerprint density at radius 2 is 1.51 bits per heavy atom. The Morgan fingerprint density at radius 1 is 0.865 bits per heavy atom. The number of carbonyl (C=O) groups is 2. The number of nitrogens with one attached hydrogen (secondary N) is 2. The molecule has 0 atom stereocenters. The molecular formula is C24H23N3O8S2.